The van der Waals surface area contributed by atoms with Crippen molar-refractivity contribution in [3.63, 3.8) is 0 Å². The van der Waals surface area contributed by atoms with E-state index in [0.29, 0.717) is 5.56 Å². The minimum Gasteiger partial charge on any atom is -0.337 e. The molecule has 2 aromatic rings. The highest BCUT2D eigenvalue weighted by Crippen LogP contribution is 2.24. The summed E-state index contributed by atoms with van der Waals surface area (Å²) in [5.41, 5.74) is 0.381. The number of terminal acetylenes is 1. The predicted molar refractivity (Wildman–Crippen MR) is 104 cm³/mol. The molecule has 0 aliphatic heterocycles. The van der Waals surface area contributed by atoms with Crippen molar-refractivity contribution < 1.29 is 18.1 Å². The predicted octanol–water partition coefficient (Wildman–Crippen LogP) is 2.43. The number of carbonyl (C=O) groups is 1. The number of amides is 1. The van der Waals surface area contributed by atoms with E-state index >= 15 is 0 Å². The van der Waals surface area contributed by atoms with Gasteiger partial charge in [0, 0.05) is 36.3 Å². The molecule has 0 spiro atoms. The normalized spacial score (nSPS) is 10.9. The van der Waals surface area contributed by atoms with E-state index in [0.717, 1.165) is 0 Å². The number of hydrogen-bond acceptors (Lipinski definition) is 5. The first-order valence-corrected chi connectivity index (χ1v) is 9.73. The molecule has 0 atom stereocenters. The fourth-order valence-corrected chi connectivity index (χ4v) is 3.52. The zero-order valence-electron chi connectivity index (χ0n) is 14.8. The first-order valence-electron chi connectivity index (χ1n) is 7.87. The van der Waals surface area contributed by atoms with Gasteiger partial charge < -0.3 is 4.90 Å². The van der Waals surface area contributed by atoms with E-state index in [-0.39, 0.29) is 34.3 Å². The molecule has 2 aromatic carbocycles. The molecule has 0 unspecified atom stereocenters. The van der Waals surface area contributed by atoms with Crippen molar-refractivity contribution in [3.8, 4) is 12.3 Å². The lowest BCUT2D eigenvalue weighted by molar-refractivity contribution is -0.384. The average Bonchev–Trinajstić information content (AvgIpc) is 2.67. The van der Waals surface area contributed by atoms with Crippen LogP contribution in [0.3, 0.4) is 0 Å². The Balaban J connectivity index is 2.25. The van der Waals surface area contributed by atoms with Crippen LogP contribution in [0, 0.1) is 22.5 Å². The van der Waals surface area contributed by atoms with Crippen molar-refractivity contribution >= 4 is 33.2 Å². The Kier molecular flexibility index (Phi) is 6.75. The second-order valence-electron chi connectivity index (χ2n) is 5.75. The van der Waals surface area contributed by atoms with Gasteiger partial charge in [0.05, 0.1) is 16.4 Å². The Hall–Kier alpha value is -2.93. The molecule has 0 saturated carbocycles. The Bertz CT molecular complexity index is 1060. The van der Waals surface area contributed by atoms with Crippen molar-refractivity contribution in [1.29, 1.82) is 0 Å². The van der Waals surface area contributed by atoms with Gasteiger partial charge in [-0.1, -0.05) is 23.6 Å². The van der Waals surface area contributed by atoms with Gasteiger partial charge in [0.2, 0.25) is 10.0 Å². The van der Waals surface area contributed by atoms with E-state index in [4.69, 9.17) is 18.0 Å². The molecule has 0 aliphatic carbocycles. The van der Waals surface area contributed by atoms with E-state index in [1.165, 1.54) is 54.4 Å². The number of nitro benzene ring substituents is 1. The van der Waals surface area contributed by atoms with Gasteiger partial charge in [-0.2, -0.15) is 4.72 Å². The van der Waals surface area contributed by atoms with E-state index in [9.17, 15) is 23.3 Å². The maximum atomic E-state index is 12.7. The number of sulfonamides is 1. The summed E-state index contributed by atoms with van der Waals surface area (Å²) >= 11 is 6.06. The summed E-state index contributed by atoms with van der Waals surface area (Å²) in [4.78, 5) is 24.2. The SMILES string of the molecule is C#CCNS(=O)(=O)c1cccc(C(=O)N(C)Cc2cc([N+](=O)[O-])ccc2Cl)c1. The minimum absolute atomic E-state index is 0.00562. The van der Waals surface area contributed by atoms with Crippen molar-refractivity contribution in [2.75, 3.05) is 13.6 Å². The largest absolute Gasteiger partial charge is 0.337 e. The fourth-order valence-electron chi connectivity index (χ4n) is 2.36. The molecule has 0 heterocycles. The number of rotatable bonds is 7. The first-order chi connectivity index (χ1) is 13.2. The van der Waals surface area contributed by atoms with Gasteiger partial charge in [-0.05, 0) is 29.8 Å². The summed E-state index contributed by atoms with van der Waals surface area (Å²) in [6.07, 6.45) is 5.06. The molecule has 0 aromatic heterocycles. The topological polar surface area (TPSA) is 110 Å². The van der Waals surface area contributed by atoms with E-state index in [2.05, 4.69) is 10.6 Å². The van der Waals surface area contributed by atoms with Crippen molar-refractivity contribution in [2.24, 2.45) is 0 Å². The number of nitro groups is 1. The van der Waals surface area contributed by atoms with Crippen LogP contribution in [-0.2, 0) is 16.6 Å². The molecular weight excluding hydrogens is 406 g/mol. The third-order valence-electron chi connectivity index (χ3n) is 3.75. The van der Waals surface area contributed by atoms with Crippen LogP contribution in [-0.4, -0.2) is 37.7 Å². The van der Waals surface area contributed by atoms with Crippen LogP contribution in [0.2, 0.25) is 5.02 Å². The summed E-state index contributed by atoms with van der Waals surface area (Å²) in [5, 5.41) is 11.2. The molecule has 28 heavy (non-hydrogen) atoms. The standard InChI is InChI=1S/C18H16ClN3O5S/c1-3-9-20-28(26,27)16-6-4-5-13(11-16)18(23)21(2)12-14-10-15(22(24)25)7-8-17(14)19/h1,4-8,10-11,20H,9,12H2,2H3. The Labute approximate surface area is 167 Å². The smallest absolute Gasteiger partial charge is 0.269 e. The number of hydrogen-bond donors (Lipinski definition) is 1. The highest BCUT2D eigenvalue weighted by Gasteiger charge is 2.19. The molecular formula is C18H16ClN3O5S. The zero-order valence-corrected chi connectivity index (χ0v) is 16.3. The summed E-state index contributed by atoms with van der Waals surface area (Å²) in [6.45, 7) is -0.169. The monoisotopic (exact) mass is 421 g/mol. The number of carbonyl (C=O) groups excluding carboxylic acids is 1. The number of non-ortho nitro benzene ring substituents is 1. The molecule has 0 radical (unpaired) electrons. The van der Waals surface area contributed by atoms with E-state index < -0.39 is 20.9 Å². The van der Waals surface area contributed by atoms with Crippen molar-refractivity contribution in [1.82, 2.24) is 9.62 Å². The number of halogens is 1. The second kappa shape index (κ2) is 8.84. The summed E-state index contributed by atoms with van der Waals surface area (Å²) in [6, 6.07) is 9.42. The molecule has 0 aliphatic rings. The van der Waals surface area contributed by atoms with Crippen molar-refractivity contribution in [3.05, 3.63) is 68.7 Å². The van der Waals surface area contributed by atoms with Gasteiger partial charge in [-0.3, -0.25) is 14.9 Å². The highest BCUT2D eigenvalue weighted by molar-refractivity contribution is 7.89. The van der Waals surface area contributed by atoms with Gasteiger partial charge >= 0.3 is 0 Å². The summed E-state index contributed by atoms with van der Waals surface area (Å²) in [5.74, 6) is 1.69. The molecule has 10 heteroatoms. The van der Waals surface area contributed by atoms with Crippen molar-refractivity contribution in [2.45, 2.75) is 11.4 Å². The molecule has 1 N–H and O–H groups in total. The van der Waals surface area contributed by atoms with Crippen LogP contribution in [0.1, 0.15) is 15.9 Å². The van der Waals surface area contributed by atoms with E-state index in [1.807, 2.05) is 0 Å². The minimum atomic E-state index is -3.84. The summed E-state index contributed by atoms with van der Waals surface area (Å²) < 4.78 is 26.5. The molecule has 0 fully saturated rings. The van der Waals surface area contributed by atoms with Crippen LogP contribution < -0.4 is 4.72 Å². The highest BCUT2D eigenvalue weighted by atomic mass is 35.5. The molecule has 8 nitrogen and oxygen atoms in total. The van der Waals surface area contributed by atoms with Gasteiger partial charge in [0.1, 0.15) is 0 Å². The van der Waals surface area contributed by atoms with Gasteiger partial charge in [-0.15, -0.1) is 6.42 Å². The van der Waals surface area contributed by atoms with Gasteiger partial charge in [0.25, 0.3) is 11.6 Å². The van der Waals surface area contributed by atoms with Crippen LogP contribution in [0.4, 0.5) is 5.69 Å². The lowest BCUT2D eigenvalue weighted by atomic mass is 10.1. The molecule has 0 saturated heterocycles. The fraction of sp³-hybridized carbons (Fsp3) is 0.167. The van der Waals surface area contributed by atoms with E-state index in [1.54, 1.807) is 0 Å². The quantitative estimate of drug-likeness (QED) is 0.419. The number of benzene rings is 2. The molecule has 2 rings (SSSR count). The van der Waals surface area contributed by atoms with Crippen LogP contribution >= 0.6 is 11.6 Å². The molecule has 1 amide bonds. The number of nitrogens with one attached hydrogen (secondary N) is 1. The molecule has 0 bridgehead atoms. The lowest BCUT2D eigenvalue weighted by Crippen LogP contribution is -2.27. The zero-order chi connectivity index (χ0) is 20.9. The third-order valence-corrected chi connectivity index (χ3v) is 5.52. The lowest BCUT2D eigenvalue weighted by Gasteiger charge is -2.18. The van der Waals surface area contributed by atoms with Gasteiger partial charge in [-0.25, -0.2) is 8.42 Å². The average molecular weight is 422 g/mol. The van der Waals surface area contributed by atoms with Crippen LogP contribution in [0.25, 0.3) is 0 Å². The maximum Gasteiger partial charge on any atom is 0.269 e. The maximum absolute atomic E-state index is 12.7. The first kappa shape index (κ1) is 21.4. The Morgan fingerprint density at radius 1 is 1.32 bits per heavy atom. The Morgan fingerprint density at radius 2 is 2.04 bits per heavy atom. The van der Waals surface area contributed by atoms with Crippen LogP contribution in [0.5, 0.6) is 0 Å². The Morgan fingerprint density at radius 3 is 2.68 bits per heavy atom. The van der Waals surface area contributed by atoms with Gasteiger partial charge in [0.15, 0.2) is 0 Å². The third kappa shape index (κ3) is 5.07. The van der Waals surface area contributed by atoms with Crippen LogP contribution in [0.15, 0.2) is 47.4 Å². The molecule has 146 valence electrons. The second-order valence-corrected chi connectivity index (χ2v) is 7.92. The number of nitrogens with zero attached hydrogens (tertiary/aromatic N) is 2. The summed E-state index contributed by atoms with van der Waals surface area (Å²) in [7, 11) is -2.36.